The van der Waals surface area contributed by atoms with E-state index >= 15 is 0 Å². The highest BCUT2D eigenvalue weighted by Crippen LogP contribution is 2.46. The maximum Gasteiger partial charge on any atom is 0.225 e. The van der Waals surface area contributed by atoms with Gasteiger partial charge in [0.25, 0.3) is 0 Å². The molecule has 0 bridgehead atoms. The summed E-state index contributed by atoms with van der Waals surface area (Å²) >= 11 is 0. The number of piperazine rings is 1. The molecule has 7 heteroatoms. The molecular weight excluding hydrogens is 414 g/mol. The third kappa shape index (κ3) is 4.55. The molecule has 2 aromatic rings. The number of hydrogen-bond donors (Lipinski definition) is 0. The van der Waals surface area contributed by atoms with Crippen molar-refractivity contribution in [2.45, 2.75) is 45.1 Å². The van der Waals surface area contributed by atoms with E-state index in [1.165, 1.54) is 0 Å². The number of aromatic nitrogens is 1. The summed E-state index contributed by atoms with van der Waals surface area (Å²) in [4.78, 5) is 21.7. The molecule has 1 atom stereocenters. The highest BCUT2D eigenvalue weighted by atomic mass is 16.5. The van der Waals surface area contributed by atoms with E-state index in [1.54, 1.807) is 7.11 Å². The van der Waals surface area contributed by atoms with Gasteiger partial charge in [-0.25, -0.2) is 4.98 Å². The number of ether oxygens (including phenoxy) is 1. The average Bonchev–Trinajstić information content (AvgIpc) is 3.67. The topological polar surface area (TPSA) is 93.2 Å². The number of nitrogens with zero attached hydrogens (tertiary/aromatic N) is 5. The average molecular weight is 444 g/mol. The van der Waals surface area contributed by atoms with Crippen molar-refractivity contribution in [2.75, 3.05) is 38.3 Å². The zero-order chi connectivity index (χ0) is 23.5. The lowest BCUT2D eigenvalue weighted by Gasteiger charge is -2.41. The Morgan fingerprint density at radius 1 is 1.18 bits per heavy atom. The van der Waals surface area contributed by atoms with Gasteiger partial charge in [0.2, 0.25) is 5.91 Å². The van der Waals surface area contributed by atoms with Crippen LogP contribution in [0.15, 0.2) is 24.3 Å². The van der Waals surface area contributed by atoms with E-state index in [0.717, 1.165) is 41.0 Å². The Labute approximate surface area is 195 Å². The predicted molar refractivity (Wildman–Crippen MR) is 126 cm³/mol. The van der Waals surface area contributed by atoms with E-state index in [4.69, 9.17) is 15.0 Å². The Morgan fingerprint density at radius 3 is 2.48 bits per heavy atom. The van der Waals surface area contributed by atoms with Gasteiger partial charge in [0.05, 0.1) is 35.9 Å². The lowest BCUT2D eigenvalue weighted by Crippen LogP contribution is -2.54. The van der Waals surface area contributed by atoms with Crippen LogP contribution in [0.1, 0.15) is 54.5 Å². The summed E-state index contributed by atoms with van der Waals surface area (Å²) in [5.41, 5.74) is 5.18. The fraction of sp³-hybridized carbons (Fsp3) is 0.462. The zero-order valence-electron chi connectivity index (χ0n) is 19.5. The molecule has 33 heavy (non-hydrogen) atoms. The summed E-state index contributed by atoms with van der Waals surface area (Å²) in [6, 6.07) is 12.1. The van der Waals surface area contributed by atoms with Crippen molar-refractivity contribution in [3.05, 3.63) is 46.6 Å². The molecule has 2 heterocycles. The summed E-state index contributed by atoms with van der Waals surface area (Å²) < 4.78 is 5.05. The van der Waals surface area contributed by atoms with Crippen LogP contribution in [-0.4, -0.2) is 55.2 Å². The first-order valence-electron chi connectivity index (χ1n) is 11.5. The van der Waals surface area contributed by atoms with Crippen LogP contribution >= 0.6 is 0 Å². The first-order chi connectivity index (χ1) is 16.0. The molecule has 1 saturated heterocycles. The first kappa shape index (κ1) is 22.8. The molecule has 1 aromatic carbocycles. The van der Waals surface area contributed by atoms with Crippen molar-refractivity contribution in [2.24, 2.45) is 0 Å². The number of anilines is 1. The SMILES string of the molecule is COCCC(=O)N1CCN(c2nc(C3CC3)c(-c3ccc(C#N)cc3)c(C)c2C#N)CC1C. The number of benzene rings is 1. The highest BCUT2D eigenvalue weighted by molar-refractivity contribution is 5.79. The van der Waals surface area contributed by atoms with E-state index < -0.39 is 0 Å². The van der Waals surface area contributed by atoms with Crippen LogP contribution in [0.3, 0.4) is 0 Å². The molecule has 2 fully saturated rings. The van der Waals surface area contributed by atoms with Crippen molar-refractivity contribution in [3.8, 4) is 23.3 Å². The highest BCUT2D eigenvalue weighted by Gasteiger charge is 2.34. The maximum atomic E-state index is 12.5. The molecule has 170 valence electrons. The predicted octanol–water partition coefficient (Wildman–Crippen LogP) is 3.75. The lowest BCUT2D eigenvalue weighted by atomic mass is 9.93. The Morgan fingerprint density at radius 2 is 1.91 bits per heavy atom. The third-order valence-electron chi connectivity index (χ3n) is 6.60. The Bertz CT molecular complexity index is 1130. The molecular formula is C26H29N5O2. The fourth-order valence-electron chi connectivity index (χ4n) is 4.65. The number of pyridine rings is 1. The second-order valence-electron chi connectivity index (χ2n) is 8.90. The number of carbonyl (C=O) groups excluding carboxylic acids is 1. The van der Waals surface area contributed by atoms with Crippen LogP contribution in [0.2, 0.25) is 0 Å². The minimum atomic E-state index is 0.0272. The van der Waals surface area contributed by atoms with Gasteiger partial charge in [0.15, 0.2) is 0 Å². The summed E-state index contributed by atoms with van der Waals surface area (Å²) in [5.74, 6) is 1.23. The molecule has 0 spiro atoms. The normalized spacial score (nSPS) is 18.0. The molecule has 4 rings (SSSR count). The number of methoxy groups -OCH3 is 1. The largest absolute Gasteiger partial charge is 0.384 e. The van der Waals surface area contributed by atoms with Crippen LogP contribution in [-0.2, 0) is 9.53 Å². The molecule has 1 aliphatic heterocycles. The maximum absolute atomic E-state index is 12.5. The van der Waals surface area contributed by atoms with E-state index in [1.807, 2.05) is 43.0 Å². The van der Waals surface area contributed by atoms with E-state index in [2.05, 4.69) is 17.0 Å². The molecule has 0 N–H and O–H groups in total. The van der Waals surface area contributed by atoms with E-state index in [0.29, 0.717) is 49.7 Å². The van der Waals surface area contributed by atoms with Gasteiger partial charge in [-0.1, -0.05) is 12.1 Å². The second kappa shape index (κ2) is 9.60. The summed E-state index contributed by atoms with van der Waals surface area (Å²) in [6.45, 7) is 6.35. The molecule has 0 radical (unpaired) electrons. The minimum absolute atomic E-state index is 0.0272. The van der Waals surface area contributed by atoms with Crippen molar-refractivity contribution >= 4 is 11.7 Å². The molecule has 1 unspecified atom stereocenters. The van der Waals surface area contributed by atoms with Crippen LogP contribution in [0.5, 0.6) is 0 Å². The van der Waals surface area contributed by atoms with Crippen LogP contribution < -0.4 is 4.90 Å². The summed E-state index contributed by atoms with van der Waals surface area (Å²) in [7, 11) is 1.60. The first-order valence-corrected chi connectivity index (χ1v) is 11.5. The number of nitriles is 2. The van der Waals surface area contributed by atoms with Crippen LogP contribution in [0.4, 0.5) is 5.82 Å². The van der Waals surface area contributed by atoms with Crippen LogP contribution in [0, 0.1) is 29.6 Å². The van der Waals surface area contributed by atoms with Gasteiger partial charge in [0, 0.05) is 44.3 Å². The quantitative estimate of drug-likeness (QED) is 0.675. The van der Waals surface area contributed by atoms with Gasteiger partial charge in [-0.05, 0) is 49.9 Å². The Hall–Kier alpha value is -3.42. The molecule has 1 aliphatic carbocycles. The van der Waals surface area contributed by atoms with Gasteiger partial charge >= 0.3 is 0 Å². The minimum Gasteiger partial charge on any atom is -0.384 e. The van der Waals surface area contributed by atoms with Crippen molar-refractivity contribution in [3.63, 3.8) is 0 Å². The summed E-state index contributed by atoms with van der Waals surface area (Å²) in [5, 5.41) is 19.2. The monoisotopic (exact) mass is 443 g/mol. The number of carbonyl (C=O) groups is 1. The standard InChI is InChI=1S/C26H29N5O2/c1-17-16-30(11-12-31(17)23(32)10-13-33-3)26-22(15-28)18(2)24(25(29-26)21-8-9-21)20-6-4-19(14-27)5-7-20/h4-7,17,21H,8-13,16H2,1-3H3. The molecule has 7 nitrogen and oxygen atoms in total. The van der Waals surface area contributed by atoms with Gasteiger partial charge in [0.1, 0.15) is 11.9 Å². The smallest absolute Gasteiger partial charge is 0.225 e. The van der Waals surface area contributed by atoms with Gasteiger partial charge in [-0.3, -0.25) is 4.79 Å². The van der Waals surface area contributed by atoms with Crippen molar-refractivity contribution < 1.29 is 9.53 Å². The third-order valence-corrected chi connectivity index (χ3v) is 6.60. The van der Waals surface area contributed by atoms with Crippen molar-refractivity contribution in [1.29, 1.82) is 10.5 Å². The van der Waals surface area contributed by atoms with Gasteiger partial charge in [-0.15, -0.1) is 0 Å². The van der Waals surface area contributed by atoms with Gasteiger partial charge < -0.3 is 14.5 Å². The molecule has 2 aliphatic rings. The lowest BCUT2D eigenvalue weighted by molar-refractivity contribution is -0.134. The van der Waals surface area contributed by atoms with Crippen molar-refractivity contribution in [1.82, 2.24) is 9.88 Å². The molecule has 1 saturated carbocycles. The number of rotatable bonds is 6. The Balaban J connectivity index is 1.68. The Kier molecular flexibility index (Phi) is 6.62. The zero-order valence-corrected chi connectivity index (χ0v) is 19.5. The number of hydrogen-bond acceptors (Lipinski definition) is 6. The molecule has 1 amide bonds. The summed E-state index contributed by atoms with van der Waals surface area (Å²) in [6.07, 6.45) is 2.57. The molecule has 1 aromatic heterocycles. The van der Waals surface area contributed by atoms with Gasteiger partial charge in [-0.2, -0.15) is 10.5 Å². The van der Waals surface area contributed by atoms with Crippen LogP contribution in [0.25, 0.3) is 11.1 Å². The van der Waals surface area contributed by atoms with E-state index in [-0.39, 0.29) is 11.9 Å². The number of amides is 1. The van der Waals surface area contributed by atoms with E-state index in [9.17, 15) is 10.1 Å². The fourth-order valence-corrected chi connectivity index (χ4v) is 4.65. The second-order valence-corrected chi connectivity index (χ2v) is 8.90.